The van der Waals surface area contributed by atoms with E-state index < -0.39 is 0 Å². The summed E-state index contributed by atoms with van der Waals surface area (Å²) in [6.07, 6.45) is 10.5. The molecule has 2 heterocycles. The number of aryl methyl sites for hydroxylation is 3. The quantitative estimate of drug-likeness (QED) is 0.766. The van der Waals surface area contributed by atoms with E-state index in [1.54, 1.807) is 6.20 Å². The monoisotopic (exact) mass is 231 g/mol. The number of rotatable bonds is 6. The van der Waals surface area contributed by atoms with Crippen molar-refractivity contribution in [2.75, 3.05) is 11.9 Å². The summed E-state index contributed by atoms with van der Waals surface area (Å²) in [4.78, 5) is 4.25. The van der Waals surface area contributed by atoms with Crippen molar-refractivity contribution in [1.82, 2.24) is 19.3 Å². The summed E-state index contributed by atoms with van der Waals surface area (Å²) in [6.45, 7) is 5.30. The molecule has 0 saturated carbocycles. The van der Waals surface area contributed by atoms with Gasteiger partial charge >= 0.3 is 0 Å². The van der Waals surface area contributed by atoms with Crippen molar-refractivity contribution in [2.45, 2.75) is 13.0 Å². The number of imidazole rings is 1. The first-order valence-corrected chi connectivity index (χ1v) is 5.63. The second-order valence-corrected chi connectivity index (χ2v) is 3.89. The fourth-order valence-corrected chi connectivity index (χ4v) is 1.67. The van der Waals surface area contributed by atoms with E-state index in [9.17, 15) is 0 Å². The number of anilines is 1. The molecule has 2 rings (SSSR count). The van der Waals surface area contributed by atoms with Gasteiger partial charge in [0.25, 0.3) is 0 Å². The Kier molecular flexibility index (Phi) is 3.59. The molecule has 0 radical (unpaired) electrons. The van der Waals surface area contributed by atoms with Gasteiger partial charge in [-0.2, -0.15) is 5.10 Å². The Labute approximate surface area is 101 Å². The van der Waals surface area contributed by atoms with Crippen LogP contribution in [0.25, 0.3) is 0 Å². The second-order valence-electron chi connectivity index (χ2n) is 3.89. The smallest absolute Gasteiger partial charge is 0.203 e. The summed E-state index contributed by atoms with van der Waals surface area (Å²) < 4.78 is 3.91. The lowest BCUT2D eigenvalue weighted by atomic mass is 10.2. The van der Waals surface area contributed by atoms with E-state index in [0.29, 0.717) is 0 Å². The number of hydrogen-bond donors (Lipinski definition) is 1. The third kappa shape index (κ3) is 2.96. The van der Waals surface area contributed by atoms with Crippen LogP contribution in [0.3, 0.4) is 0 Å². The molecule has 0 aliphatic carbocycles. The fourth-order valence-electron chi connectivity index (χ4n) is 1.67. The van der Waals surface area contributed by atoms with E-state index in [-0.39, 0.29) is 0 Å². The molecule has 0 aromatic carbocycles. The van der Waals surface area contributed by atoms with Crippen LogP contribution in [0.5, 0.6) is 0 Å². The molecule has 2 aromatic rings. The first-order chi connectivity index (χ1) is 8.29. The van der Waals surface area contributed by atoms with Crippen LogP contribution in [0.15, 0.2) is 37.4 Å². The van der Waals surface area contributed by atoms with E-state index in [1.165, 1.54) is 5.56 Å². The van der Waals surface area contributed by atoms with E-state index in [2.05, 4.69) is 26.5 Å². The van der Waals surface area contributed by atoms with Gasteiger partial charge in [-0.1, -0.05) is 6.08 Å². The van der Waals surface area contributed by atoms with Gasteiger partial charge in [-0.3, -0.25) is 4.68 Å². The molecular formula is C12H17N5. The Morgan fingerprint density at radius 3 is 3.12 bits per heavy atom. The van der Waals surface area contributed by atoms with Crippen LogP contribution in [0, 0.1) is 0 Å². The van der Waals surface area contributed by atoms with Crippen LogP contribution >= 0.6 is 0 Å². The van der Waals surface area contributed by atoms with Gasteiger partial charge in [0.2, 0.25) is 5.95 Å². The lowest BCUT2D eigenvalue weighted by molar-refractivity contribution is 0.700. The molecule has 0 unspecified atom stereocenters. The summed E-state index contributed by atoms with van der Waals surface area (Å²) in [5.41, 5.74) is 1.23. The minimum absolute atomic E-state index is 0.726. The van der Waals surface area contributed by atoms with Crippen molar-refractivity contribution in [2.24, 2.45) is 7.05 Å². The summed E-state index contributed by atoms with van der Waals surface area (Å²) in [5.74, 6) is 0.883. The Hall–Kier alpha value is -2.04. The maximum Gasteiger partial charge on any atom is 0.203 e. The number of nitrogens with one attached hydrogen (secondary N) is 1. The molecule has 0 amide bonds. The lowest BCUT2D eigenvalue weighted by Crippen LogP contribution is -2.08. The van der Waals surface area contributed by atoms with Gasteiger partial charge in [0.15, 0.2) is 0 Å². The lowest BCUT2D eigenvalue weighted by Gasteiger charge is -2.07. The zero-order chi connectivity index (χ0) is 12.1. The maximum atomic E-state index is 4.25. The molecule has 0 atom stereocenters. The van der Waals surface area contributed by atoms with Crippen molar-refractivity contribution >= 4 is 5.95 Å². The third-order valence-corrected chi connectivity index (χ3v) is 2.52. The molecule has 0 aliphatic rings. The van der Waals surface area contributed by atoms with Gasteiger partial charge in [-0.05, 0) is 12.0 Å². The summed E-state index contributed by atoms with van der Waals surface area (Å²) >= 11 is 0. The first-order valence-electron chi connectivity index (χ1n) is 5.63. The highest BCUT2D eigenvalue weighted by Gasteiger charge is 2.02. The van der Waals surface area contributed by atoms with Crippen LogP contribution in [0.1, 0.15) is 5.56 Å². The largest absolute Gasteiger partial charge is 0.352 e. The van der Waals surface area contributed by atoms with Crippen molar-refractivity contribution < 1.29 is 0 Å². The Morgan fingerprint density at radius 1 is 1.53 bits per heavy atom. The summed E-state index contributed by atoms with van der Waals surface area (Å²) in [6, 6.07) is 0. The van der Waals surface area contributed by atoms with Crippen LogP contribution in [-0.4, -0.2) is 25.9 Å². The summed E-state index contributed by atoms with van der Waals surface area (Å²) in [5, 5.41) is 7.35. The minimum atomic E-state index is 0.726. The molecule has 2 aromatic heterocycles. The number of hydrogen-bond acceptors (Lipinski definition) is 3. The predicted molar refractivity (Wildman–Crippen MR) is 67.8 cm³/mol. The van der Waals surface area contributed by atoms with Gasteiger partial charge < -0.3 is 9.88 Å². The van der Waals surface area contributed by atoms with Crippen molar-refractivity contribution in [3.8, 4) is 0 Å². The second kappa shape index (κ2) is 5.34. The molecule has 0 bridgehead atoms. The minimum Gasteiger partial charge on any atom is -0.352 e. The van der Waals surface area contributed by atoms with Gasteiger partial charge in [0, 0.05) is 38.7 Å². The van der Waals surface area contributed by atoms with Gasteiger partial charge in [0.05, 0.1) is 6.20 Å². The predicted octanol–water partition coefficient (Wildman–Crippen LogP) is 1.46. The average Bonchev–Trinajstić information content (AvgIpc) is 2.92. The third-order valence-electron chi connectivity index (χ3n) is 2.52. The number of nitrogens with zero attached hydrogens (tertiary/aromatic N) is 4. The highest BCUT2D eigenvalue weighted by Crippen LogP contribution is 2.07. The molecule has 5 heteroatoms. The van der Waals surface area contributed by atoms with Crippen LogP contribution in [0.4, 0.5) is 5.95 Å². The zero-order valence-electron chi connectivity index (χ0n) is 10.0. The first kappa shape index (κ1) is 11.4. The molecule has 0 saturated heterocycles. The van der Waals surface area contributed by atoms with Crippen molar-refractivity contribution in [1.29, 1.82) is 0 Å². The highest BCUT2D eigenvalue weighted by molar-refractivity contribution is 5.26. The molecule has 90 valence electrons. The summed E-state index contributed by atoms with van der Waals surface area (Å²) in [7, 11) is 1.93. The van der Waals surface area contributed by atoms with Crippen LogP contribution in [0.2, 0.25) is 0 Å². The van der Waals surface area contributed by atoms with Gasteiger partial charge in [0.1, 0.15) is 0 Å². The van der Waals surface area contributed by atoms with E-state index in [1.807, 2.05) is 36.4 Å². The Bertz CT molecular complexity index is 483. The van der Waals surface area contributed by atoms with E-state index in [0.717, 1.165) is 25.5 Å². The SMILES string of the molecule is C=CCNc1nccn1CCc1cnn(C)c1. The van der Waals surface area contributed by atoms with E-state index in [4.69, 9.17) is 0 Å². The Balaban J connectivity index is 1.94. The number of aromatic nitrogens is 4. The van der Waals surface area contributed by atoms with Crippen LogP contribution in [-0.2, 0) is 20.0 Å². The molecule has 0 spiro atoms. The fraction of sp³-hybridized carbons (Fsp3) is 0.333. The maximum absolute atomic E-state index is 4.25. The van der Waals surface area contributed by atoms with Gasteiger partial charge in [-0.25, -0.2) is 4.98 Å². The standard InChI is InChI=1S/C12H17N5/c1-3-5-13-12-14-6-8-17(12)7-4-11-9-15-16(2)10-11/h3,6,8-10H,1,4-5,7H2,2H3,(H,13,14). The zero-order valence-corrected chi connectivity index (χ0v) is 10.0. The van der Waals surface area contributed by atoms with Crippen molar-refractivity contribution in [3.05, 3.63) is 43.0 Å². The molecule has 0 aliphatic heterocycles. The highest BCUT2D eigenvalue weighted by atomic mass is 15.2. The molecular weight excluding hydrogens is 214 g/mol. The molecule has 5 nitrogen and oxygen atoms in total. The normalized spacial score (nSPS) is 10.4. The molecule has 17 heavy (non-hydrogen) atoms. The van der Waals surface area contributed by atoms with Crippen molar-refractivity contribution in [3.63, 3.8) is 0 Å². The molecule has 0 fully saturated rings. The van der Waals surface area contributed by atoms with Gasteiger partial charge in [-0.15, -0.1) is 6.58 Å². The molecule has 1 N–H and O–H groups in total. The Morgan fingerprint density at radius 2 is 2.41 bits per heavy atom. The van der Waals surface area contributed by atoms with Crippen LogP contribution < -0.4 is 5.32 Å². The topological polar surface area (TPSA) is 47.7 Å². The van der Waals surface area contributed by atoms with E-state index >= 15 is 0 Å². The average molecular weight is 231 g/mol.